The Morgan fingerprint density at radius 1 is 1.11 bits per heavy atom. The molecule has 0 fully saturated rings. The summed E-state index contributed by atoms with van der Waals surface area (Å²) in [6.07, 6.45) is 0. The average Bonchev–Trinajstić information content (AvgIpc) is 2.46. The van der Waals surface area contributed by atoms with Crippen LogP contribution in [0.15, 0.2) is 53.7 Å². The number of hydrogen-bond acceptors (Lipinski definition) is 3. The summed E-state index contributed by atoms with van der Waals surface area (Å²) in [6, 6.07) is 15.3. The van der Waals surface area contributed by atoms with E-state index < -0.39 is 0 Å². The first-order valence-corrected chi connectivity index (χ1v) is 5.95. The predicted octanol–water partition coefficient (Wildman–Crippen LogP) is 2.67. The quantitative estimate of drug-likeness (QED) is 0.382. The first-order chi connectivity index (χ1) is 9.19. The van der Waals surface area contributed by atoms with Crippen molar-refractivity contribution in [1.82, 2.24) is 0 Å². The van der Waals surface area contributed by atoms with E-state index in [0.717, 1.165) is 11.3 Å². The van der Waals surface area contributed by atoms with Crippen LogP contribution in [0.2, 0.25) is 0 Å². The van der Waals surface area contributed by atoms with E-state index in [1.807, 2.05) is 12.1 Å². The Labute approximate surface area is 112 Å². The van der Waals surface area contributed by atoms with Crippen molar-refractivity contribution in [1.29, 1.82) is 0 Å². The van der Waals surface area contributed by atoms with Crippen molar-refractivity contribution in [2.75, 3.05) is 0 Å². The van der Waals surface area contributed by atoms with Crippen LogP contribution in [0.3, 0.4) is 0 Å². The minimum Gasteiger partial charge on any atom is -0.489 e. The van der Waals surface area contributed by atoms with Crippen LogP contribution in [0, 0.1) is 6.92 Å². The van der Waals surface area contributed by atoms with E-state index in [1.54, 1.807) is 24.3 Å². The molecule has 0 amide bonds. The number of ether oxygens (including phenoxy) is 1. The minimum atomic E-state index is 0.0880. The van der Waals surface area contributed by atoms with Crippen LogP contribution >= 0.6 is 0 Å². The molecule has 2 aromatic carbocycles. The Hall–Kier alpha value is -2.49. The Bertz CT molecular complexity index is 560. The molecule has 98 valence electrons. The molecule has 0 unspecified atom stereocenters. The number of hydrogen-bond donors (Lipinski definition) is 2. The lowest BCUT2D eigenvalue weighted by Gasteiger charge is -2.07. The van der Waals surface area contributed by atoms with Crippen molar-refractivity contribution < 1.29 is 9.94 Å². The van der Waals surface area contributed by atoms with Gasteiger partial charge in [0.25, 0.3) is 0 Å². The molecule has 2 aromatic rings. The van der Waals surface area contributed by atoms with Gasteiger partial charge >= 0.3 is 0 Å². The number of rotatable bonds is 4. The SMILES string of the molecule is Cc1ccc(COc2ccc(/C(N)=N/O)cc2)cc1. The van der Waals surface area contributed by atoms with E-state index in [4.69, 9.17) is 15.7 Å². The zero-order valence-electron chi connectivity index (χ0n) is 10.7. The Morgan fingerprint density at radius 3 is 2.32 bits per heavy atom. The number of nitrogens with two attached hydrogens (primary N) is 1. The second-order valence-corrected chi connectivity index (χ2v) is 4.28. The Morgan fingerprint density at radius 2 is 1.74 bits per heavy atom. The highest BCUT2D eigenvalue weighted by Gasteiger charge is 2.00. The van der Waals surface area contributed by atoms with Crippen molar-refractivity contribution in [3.8, 4) is 5.75 Å². The Balaban J connectivity index is 1.98. The molecule has 0 aromatic heterocycles. The van der Waals surface area contributed by atoms with Crippen molar-refractivity contribution in [2.45, 2.75) is 13.5 Å². The van der Waals surface area contributed by atoms with E-state index in [9.17, 15) is 0 Å². The normalized spacial score (nSPS) is 11.3. The topological polar surface area (TPSA) is 67.8 Å². The maximum absolute atomic E-state index is 8.56. The highest BCUT2D eigenvalue weighted by Crippen LogP contribution is 2.14. The first kappa shape index (κ1) is 13.0. The smallest absolute Gasteiger partial charge is 0.170 e. The zero-order chi connectivity index (χ0) is 13.7. The second kappa shape index (κ2) is 5.91. The standard InChI is InChI=1S/C15H16N2O2/c1-11-2-4-12(5-3-11)10-19-14-8-6-13(7-9-14)15(16)17-18/h2-9,18H,10H2,1H3,(H2,16,17). The number of nitrogens with zero attached hydrogens (tertiary/aromatic N) is 1. The number of oxime groups is 1. The fourth-order valence-electron chi connectivity index (χ4n) is 1.63. The van der Waals surface area contributed by atoms with Crippen LogP contribution < -0.4 is 10.5 Å². The van der Waals surface area contributed by atoms with Gasteiger partial charge in [-0.1, -0.05) is 35.0 Å². The van der Waals surface area contributed by atoms with Crippen molar-refractivity contribution >= 4 is 5.84 Å². The van der Waals surface area contributed by atoms with Gasteiger partial charge in [0.2, 0.25) is 0 Å². The van der Waals surface area contributed by atoms with Gasteiger partial charge in [-0.15, -0.1) is 0 Å². The molecular weight excluding hydrogens is 240 g/mol. The lowest BCUT2D eigenvalue weighted by atomic mass is 10.2. The van der Waals surface area contributed by atoms with Gasteiger partial charge in [0, 0.05) is 5.56 Å². The molecule has 0 heterocycles. The zero-order valence-corrected chi connectivity index (χ0v) is 10.7. The molecule has 0 aliphatic heterocycles. The van der Waals surface area contributed by atoms with Crippen molar-refractivity contribution in [2.24, 2.45) is 10.9 Å². The third kappa shape index (κ3) is 3.48. The molecule has 0 saturated carbocycles. The number of benzene rings is 2. The summed E-state index contributed by atoms with van der Waals surface area (Å²) in [7, 11) is 0. The fraction of sp³-hybridized carbons (Fsp3) is 0.133. The monoisotopic (exact) mass is 256 g/mol. The van der Waals surface area contributed by atoms with Crippen molar-refractivity contribution in [3.05, 3.63) is 65.2 Å². The molecule has 4 nitrogen and oxygen atoms in total. The summed E-state index contributed by atoms with van der Waals surface area (Å²) in [6.45, 7) is 2.57. The molecule has 3 N–H and O–H groups in total. The van der Waals surface area contributed by atoms with Crippen molar-refractivity contribution in [3.63, 3.8) is 0 Å². The highest BCUT2D eigenvalue weighted by atomic mass is 16.5. The molecule has 0 aliphatic rings. The minimum absolute atomic E-state index is 0.0880. The van der Waals surface area contributed by atoms with Gasteiger partial charge in [-0.05, 0) is 36.8 Å². The lowest BCUT2D eigenvalue weighted by Crippen LogP contribution is -2.12. The van der Waals surface area contributed by atoms with Crippen LogP contribution in [0.1, 0.15) is 16.7 Å². The van der Waals surface area contributed by atoms with Gasteiger partial charge in [-0.25, -0.2) is 0 Å². The molecule has 0 saturated heterocycles. The van der Waals surface area contributed by atoms with Crippen LogP contribution in [0.4, 0.5) is 0 Å². The summed E-state index contributed by atoms with van der Waals surface area (Å²) in [5.41, 5.74) is 8.49. The van der Waals surface area contributed by atoms with E-state index in [-0.39, 0.29) is 5.84 Å². The van der Waals surface area contributed by atoms with Crippen LogP contribution in [-0.2, 0) is 6.61 Å². The molecule has 2 rings (SSSR count). The molecule has 0 aliphatic carbocycles. The van der Waals surface area contributed by atoms with E-state index >= 15 is 0 Å². The van der Waals surface area contributed by atoms with E-state index in [2.05, 4.69) is 24.2 Å². The number of aryl methyl sites for hydroxylation is 1. The van der Waals surface area contributed by atoms with Gasteiger partial charge in [-0.3, -0.25) is 0 Å². The fourth-order valence-corrected chi connectivity index (χ4v) is 1.63. The van der Waals surface area contributed by atoms with E-state index in [0.29, 0.717) is 12.2 Å². The Kier molecular flexibility index (Phi) is 4.03. The summed E-state index contributed by atoms with van der Waals surface area (Å²) in [5.74, 6) is 0.833. The summed E-state index contributed by atoms with van der Waals surface area (Å²) < 4.78 is 5.66. The third-order valence-corrected chi connectivity index (χ3v) is 2.78. The molecule has 0 radical (unpaired) electrons. The molecule has 19 heavy (non-hydrogen) atoms. The van der Waals surface area contributed by atoms with E-state index in [1.165, 1.54) is 5.56 Å². The van der Waals surface area contributed by atoms with Crippen LogP contribution in [-0.4, -0.2) is 11.0 Å². The number of amidine groups is 1. The summed E-state index contributed by atoms with van der Waals surface area (Å²) in [5, 5.41) is 11.5. The first-order valence-electron chi connectivity index (χ1n) is 5.95. The molecular formula is C15H16N2O2. The van der Waals surface area contributed by atoms with Gasteiger partial charge < -0.3 is 15.7 Å². The average molecular weight is 256 g/mol. The molecule has 0 bridgehead atoms. The summed E-state index contributed by atoms with van der Waals surface area (Å²) in [4.78, 5) is 0. The van der Waals surface area contributed by atoms with Crippen LogP contribution in [0.5, 0.6) is 5.75 Å². The van der Waals surface area contributed by atoms with Gasteiger partial charge in [-0.2, -0.15) is 0 Å². The van der Waals surface area contributed by atoms with Gasteiger partial charge in [0.15, 0.2) is 5.84 Å². The highest BCUT2D eigenvalue weighted by molar-refractivity contribution is 5.97. The maximum atomic E-state index is 8.56. The maximum Gasteiger partial charge on any atom is 0.170 e. The summed E-state index contributed by atoms with van der Waals surface area (Å²) >= 11 is 0. The van der Waals surface area contributed by atoms with Gasteiger partial charge in [0.05, 0.1) is 0 Å². The van der Waals surface area contributed by atoms with Crippen LogP contribution in [0.25, 0.3) is 0 Å². The van der Waals surface area contributed by atoms with Gasteiger partial charge in [0.1, 0.15) is 12.4 Å². The lowest BCUT2D eigenvalue weighted by molar-refractivity contribution is 0.306. The molecule has 0 spiro atoms. The largest absolute Gasteiger partial charge is 0.489 e. The molecule has 0 atom stereocenters. The predicted molar refractivity (Wildman–Crippen MR) is 74.5 cm³/mol. The molecule has 4 heteroatoms. The second-order valence-electron chi connectivity index (χ2n) is 4.28. The third-order valence-electron chi connectivity index (χ3n) is 2.78.